The van der Waals surface area contributed by atoms with Crippen LogP contribution in [-0.4, -0.2) is 32.1 Å². The number of hydrogen-bond donors (Lipinski definition) is 2. The van der Waals surface area contributed by atoms with Crippen LogP contribution in [0.2, 0.25) is 0 Å². The summed E-state index contributed by atoms with van der Waals surface area (Å²) in [5.41, 5.74) is 1.42. The summed E-state index contributed by atoms with van der Waals surface area (Å²) in [4.78, 5) is 24.1. The highest BCUT2D eigenvalue weighted by Gasteiger charge is 2.49. The molecule has 0 radical (unpaired) electrons. The van der Waals surface area contributed by atoms with Crippen LogP contribution in [0.5, 0.6) is 0 Å². The van der Waals surface area contributed by atoms with Crippen molar-refractivity contribution in [3.63, 3.8) is 0 Å². The number of carbonyl (C=O) groups is 2. The van der Waals surface area contributed by atoms with E-state index in [9.17, 15) is 9.59 Å². The number of amides is 1. The number of esters is 1. The zero-order valence-electron chi connectivity index (χ0n) is 13.6. The van der Waals surface area contributed by atoms with E-state index in [-0.39, 0.29) is 23.7 Å². The van der Waals surface area contributed by atoms with Gasteiger partial charge in [0.2, 0.25) is 5.91 Å². The van der Waals surface area contributed by atoms with E-state index >= 15 is 0 Å². The van der Waals surface area contributed by atoms with Crippen LogP contribution in [0.3, 0.4) is 0 Å². The van der Waals surface area contributed by atoms with Gasteiger partial charge in [0.15, 0.2) is 0 Å². The number of hydrogen-bond acceptors (Lipinski definition) is 4. The van der Waals surface area contributed by atoms with Gasteiger partial charge in [0.25, 0.3) is 0 Å². The summed E-state index contributed by atoms with van der Waals surface area (Å²) in [5.74, 6) is 0.325. The first kappa shape index (κ1) is 16.0. The van der Waals surface area contributed by atoms with Crippen LogP contribution in [0.15, 0.2) is 24.3 Å². The van der Waals surface area contributed by atoms with Crippen molar-refractivity contribution in [2.75, 3.05) is 25.5 Å². The fourth-order valence-electron chi connectivity index (χ4n) is 3.89. The number of benzene rings is 1. The van der Waals surface area contributed by atoms with Crippen LogP contribution >= 0.6 is 0 Å². The molecule has 5 nitrogen and oxygen atoms in total. The van der Waals surface area contributed by atoms with Crippen LogP contribution in [0.1, 0.15) is 31.2 Å². The van der Waals surface area contributed by atoms with E-state index in [0.29, 0.717) is 5.92 Å². The summed E-state index contributed by atoms with van der Waals surface area (Å²) in [6.45, 7) is 1.73. The van der Waals surface area contributed by atoms with Crippen LogP contribution in [0, 0.1) is 11.3 Å². The monoisotopic (exact) mass is 316 g/mol. The van der Waals surface area contributed by atoms with Gasteiger partial charge in [0.1, 0.15) is 0 Å². The number of anilines is 1. The largest absolute Gasteiger partial charge is 0.469 e. The third kappa shape index (κ3) is 3.24. The molecule has 23 heavy (non-hydrogen) atoms. The van der Waals surface area contributed by atoms with Gasteiger partial charge in [-0.1, -0.05) is 25.0 Å². The zero-order valence-corrected chi connectivity index (χ0v) is 13.6. The second kappa shape index (κ2) is 6.71. The Labute approximate surface area is 136 Å². The van der Waals surface area contributed by atoms with Gasteiger partial charge in [-0.25, -0.2) is 0 Å². The lowest BCUT2D eigenvalue weighted by Gasteiger charge is -2.37. The molecule has 0 bridgehead atoms. The number of fused-ring (bicyclic) bond motifs is 1. The lowest BCUT2D eigenvalue weighted by Crippen LogP contribution is -2.44. The van der Waals surface area contributed by atoms with Crippen molar-refractivity contribution < 1.29 is 14.3 Å². The molecule has 5 heteroatoms. The van der Waals surface area contributed by atoms with E-state index in [1.807, 2.05) is 24.3 Å². The van der Waals surface area contributed by atoms with Gasteiger partial charge in [-0.2, -0.15) is 0 Å². The molecule has 0 unspecified atom stereocenters. The minimum Gasteiger partial charge on any atom is -0.469 e. The number of rotatable bonds is 4. The van der Waals surface area contributed by atoms with E-state index in [1.165, 1.54) is 13.5 Å². The minimum atomic E-state index is -0.261. The Morgan fingerprint density at radius 1 is 1.30 bits per heavy atom. The quantitative estimate of drug-likeness (QED) is 0.835. The Kier molecular flexibility index (Phi) is 4.66. The van der Waals surface area contributed by atoms with E-state index in [4.69, 9.17) is 0 Å². The third-order valence-corrected chi connectivity index (χ3v) is 5.28. The van der Waals surface area contributed by atoms with Crippen molar-refractivity contribution in [1.29, 1.82) is 0 Å². The maximum absolute atomic E-state index is 12.9. The molecule has 1 heterocycles. The number of methoxy groups -OCH3 is 1. The SMILES string of the molecule is COC(=O)Cc1ccc(NC(=O)[C@@]23CCCC[C@H]2CNC3)cc1. The molecule has 1 saturated carbocycles. The standard InChI is InChI=1S/C18H24N2O3/c1-23-16(21)10-13-5-7-15(8-6-13)20-17(22)18-9-3-2-4-14(18)11-19-12-18/h5-8,14,19H,2-4,9-12H2,1H3,(H,20,22)/t14-,18+/m0/s1. The molecule has 1 saturated heterocycles. The van der Waals surface area contributed by atoms with Gasteiger partial charge in [-0.3, -0.25) is 9.59 Å². The smallest absolute Gasteiger partial charge is 0.309 e. The first-order valence-electron chi connectivity index (χ1n) is 8.32. The van der Waals surface area contributed by atoms with Crippen molar-refractivity contribution in [2.45, 2.75) is 32.1 Å². The van der Waals surface area contributed by atoms with Gasteiger partial charge in [-0.05, 0) is 43.0 Å². The Morgan fingerprint density at radius 3 is 2.83 bits per heavy atom. The molecule has 1 aromatic carbocycles. The van der Waals surface area contributed by atoms with Crippen LogP contribution in [0.25, 0.3) is 0 Å². The molecule has 3 rings (SSSR count). The first-order valence-corrected chi connectivity index (χ1v) is 8.32. The summed E-state index contributed by atoms with van der Waals surface area (Å²) in [6.07, 6.45) is 4.71. The molecule has 2 N–H and O–H groups in total. The molecule has 1 aliphatic carbocycles. The summed E-state index contributed by atoms with van der Waals surface area (Å²) >= 11 is 0. The molecule has 0 aromatic heterocycles. The minimum absolute atomic E-state index is 0.132. The molecule has 0 spiro atoms. The second-order valence-electron chi connectivity index (χ2n) is 6.63. The molecular weight excluding hydrogens is 292 g/mol. The van der Waals surface area contributed by atoms with Gasteiger partial charge < -0.3 is 15.4 Å². The van der Waals surface area contributed by atoms with Crippen molar-refractivity contribution in [2.24, 2.45) is 11.3 Å². The highest BCUT2D eigenvalue weighted by Crippen LogP contribution is 2.44. The fraction of sp³-hybridized carbons (Fsp3) is 0.556. The van der Waals surface area contributed by atoms with Crippen molar-refractivity contribution >= 4 is 17.6 Å². The van der Waals surface area contributed by atoms with Gasteiger partial charge in [0.05, 0.1) is 18.9 Å². The molecule has 2 atom stereocenters. The normalized spacial score (nSPS) is 26.4. The van der Waals surface area contributed by atoms with E-state index in [1.54, 1.807) is 0 Å². The molecule has 124 valence electrons. The third-order valence-electron chi connectivity index (χ3n) is 5.28. The predicted octanol–water partition coefficient (Wildman–Crippen LogP) is 2.12. The van der Waals surface area contributed by atoms with E-state index in [0.717, 1.165) is 43.6 Å². The molecular formula is C18H24N2O3. The van der Waals surface area contributed by atoms with Crippen molar-refractivity contribution in [1.82, 2.24) is 5.32 Å². The summed E-state index contributed by atoms with van der Waals surface area (Å²) in [7, 11) is 1.38. The average molecular weight is 316 g/mol. The molecule has 2 aliphatic rings. The van der Waals surface area contributed by atoms with Gasteiger partial charge in [-0.15, -0.1) is 0 Å². The van der Waals surface area contributed by atoms with Crippen LogP contribution in [0.4, 0.5) is 5.69 Å². The lowest BCUT2D eigenvalue weighted by atomic mass is 9.67. The molecule has 2 fully saturated rings. The fourth-order valence-corrected chi connectivity index (χ4v) is 3.89. The summed E-state index contributed by atoms with van der Waals surface area (Å²) < 4.78 is 4.66. The molecule has 1 amide bonds. The van der Waals surface area contributed by atoms with Crippen molar-refractivity contribution in [3.05, 3.63) is 29.8 Å². The predicted molar refractivity (Wildman–Crippen MR) is 88.1 cm³/mol. The summed E-state index contributed by atoms with van der Waals surface area (Å²) in [5, 5.41) is 6.47. The Bertz CT molecular complexity index is 584. The van der Waals surface area contributed by atoms with E-state index < -0.39 is 0 Å². The number of nitrogens with one attached hydrogen (secondary N) is 2. The molecule has 1 aliphatic heterocycles. The second-order valence-corrected chi connectivity index (χ2v) is 6.63. The highest BCUT2D eigenvalue weighted by molar-refractivity contribution is 5.96. The highest BCUT2D eigenvalue weighted by atomic mass is 16.5. The van der Waals surface area contributed by atoms with Crippen LogP contribution in [-0.2, 0) is 20.7 Å². The maximum Gasteiger partial charge on any atom is 0.309 e. The van der Waals surface area contributed by atoms with Crippen LogP contribution < -0.4 is 10.6 Å². The average Bonchev–Trinajstić information content (AvgIpc) is 3.01. The number of ether oxygens (including phenoxy) is 1. The molecule has 1 aromatic rings. The van der Waals surface area contributed by atoms with Gasteiger partial charge in [0, 0.05) is 12.2 Å². The Balaban J connectivity index is 1.67. The first-order chi connectivity index (χ1) is 11.1. The lowest BCUT2D eigenvalue weighted by molar-refractivity contribution is -0.139. The topological polar surface area (TPSA) is 67.4 Å². The van der Waals surface area contributed by atoms with Crippen molar-refractivity contribution in [3.8, 4) is 0 Å². The summed E-state index contributed by atoms with van der Waals surface area (Å²) in [6, 6.07) is 7.42. The Morgan fingerprint density at radius 2 is 2.09 bits per heavy atom. The zero-order chi connectivity index (χ0) is 16.3. The van der Waals surface area contributed by atoms with Gasteiger partial charge >= 0.3 is 5.97 Å². The number of carbonyl (C=O) groups excluding carboxylic acids is 2. The maximum atomic E-state index is 12.9. The Hall–Kier alpha value is -1.88. The van der Waals surface area contributed by atoms with E-state index in [2.05, 4.69) is 15.4 Å².